The zero-order chi connectivity index (χ0) is 14.5. The highest BCUT2D eigenvalue weighted by atomic mass is 16.6. The quantitative estimate of drug-likeness (QED) is 0.848. The molecule has 0 saturated heterocycles. The van der Waals surface area contributed by atoms with Crippen LogP contribution in [0.5, 0.6) is 11.5 Å². The third-order valence-corrected chi connectivity index (χ3v) is 2.94. The molecule has 108 valence electrons. The molecule has 0 saturated carbocycles. The van der Waals surface area contributed by atoms with Gasteiger partial charge in [0.25, 0.3) is 5.91 Å². The van der Waals surface area contributed by atoms with E-state index in [1.165, 1.54) is 0 Å². The van der Waals surface area contributed by atoms with Gasteiger partial charge in [0, 0.05) is 13.0 Å². The Balaban J connectivity index is 2.01. The summed E-state index contributed by atoms with van der Waals surface area (Å²) in [7, 11) is 0. The van der Waals surface area contributed by atoms with Crippen LogP contribution in [-0.2, 0) is 4.79 Å². The molecule has 6 heteroatoms. The van der Waals surface area contributed by atoms with Crippen LogP contribution < -0.4 is 14.8 Å². The minimum Gasteiger partial charge on any atom is -0.486 e. The molecule has 2 rings (SSSR count). The van der Waals surface area contributed by atoms with Crippen LogP contribution in [0.2, 0.25) is 0 Å². The molecule has 1 aromatic carbocycles. The predicted octanol–water partition coefficient (Wildman–Crippen LogP) is 1.30. The Hall–Kier alpha value is -2.24. The van der Waals surface area contributed by atoms with Gasteiger partial charge in [0.2, 0.25) is 0 Å². The van der Waals surface area contributed by atoms with Gasteiger partial charge in [-0.2, -0.15) is 0 Å². The number of hydrogen-bond acceptors (Lipinski definition) is 4. The highest BCUT2D eigenvalue weighted by Crippen LogP contribution is 2.33. The van der Waals surface area contributed by atoms with Crippen LogP contribution >= 0.6 is 0 Å². The summed E-state index contributed by atoms with van der Waals surface area (Å²) in [6.07, 6.45) is 0.0206. The summed E-state index contributed by atoms with van der Waals surface area (Å²) in [5, 5.41) is 11.4. The molecule has 2 N–H and O–H groups in total. The Morgan fingerprint density at radius 3 is 2.85 bits per heavy atom. The number of carboxylic acid groups (broad SMARTS) is 1. The summed E-state index contributed by atoms with van der Waals surface area (Å²) >= 11 is 0. The van der Waals surface area contributed by atoms with Crippen LogP contribution in [0.4, 0.5) is 0 Å². The Morgan fingerprint density at radius 1 is 1.35 bits per heavy atom. The number of ether oxygens (including phenoxy) is 2. The third kappa shape index (κ3) is 3.40. The van der Waals surface area contributed by atoms with E-state index in [0.29, 0.717) is 36.8 Å². The van der Waals surface area contributed by atoms with E-state index in [9.17, 15) is 9.59 Å². The molecule has 0 unspecified atom stereocenters. The summed E-state index contributed by atoms with van der Waals surface area (Å²) in [6.45, 7) is 2.95. The largest absolute Gasteiger partial charge is 0.486 e. The van der Waals surface area contributed by atoms with Crippen molar-refractivity contribution in [3.63, 3.8) is 0 Å². The van der Waals surface area contributed by atoms with E-state index in [4.69, 9.17) is 14.6 Å². The number of para-hydroxylation sites is 1. The second kappa shape index (κ2) is 6.27. The van der Waals surface area contributed by atoms with Crippen LogP contribution in [-0.4, -0.2) is 36.7 Å². The lowest BCUT2D eigenvalue weighted by Crippen LogP contribution is -2.30. The first-order chi connectivity index (χ1) is 9.58. The standard InChI is InChI=1S/C14H17NO5/c1-9(7-12(16)17)8-15-14(18)10-3-2-4-11-13(10)20-6-5-19-11/h2-4,9H,5-8H2,1H3,(H,15,18)(H,16,17)/t9-/m0/s1. The lowest BCUT2D eigenvalue weighted by atomic mass is 10.1. The summed E-state index contributed by atoms with van der Waals surface area (Å²) in [4.78, 5) is 22.7. The number of carbonyl (C=O) groups is 2. The lowest BCUT2D eigenvalue weighted by Gasteiger charge is -2.20. The van der Waals surface area contributed by atoms with E-state index in [1.807, 2.05) is 0 Å². The van der Waals surface area contributed by atoms with Crippen LogP contribution in [0.25, 0.3) is 0 Å². The molecule has 20 heavy (non-hydrogen) atoms. The fourth-order valence-electron chi connectivity index (χ4n) is 1.98. The van der Waals surface area contributed by atoms with Gasteiger partial charge in [-0.25, -0.2) is 0 Å². The van der Waals surface area contributed by atoms with E-state index in [1.54, 1.807) is 25.1 Å². The van der Waals surface area contributed by atoms with Gasteiger partial charge in [0.1, 0.15) is 13.2 Å². The molecule has 1 atom stereocenters. The topological polar surface area (TPSA) is 84.9 Å². The highest BCUT2D eigenvalue weighted by Gasteiger charge is 2.20. The lowest BCUT2D eigenvalue weighted by molar-refractivity contribution is -0.137. The molecular weight excluding hydrogens is 262 g/mol. The Bertz CT molecular complexity index is 514. The van der Waals surface area contributed by atoms with Crippen LogP contribution in [0.15, 0.2) is 18.2 Å². The van der Waals surface area contributed by atoms with Crippen molar-refractivity contribution in [2.45, 2.75) is 13.3 Å². The van der Waals surface area contributed by atoms with Crippen molar-refractivity contribution in [1.29, 1.82) is 0 Å². The summed E-state index contributed by atoms with van der Waals surface area (Å²) in [5.74, 6) is -0.289. The minimum absolute atomic E-state index is 0.0206. The molecule has 0 spiro atoms. The van der Waals surface area contributed by atoms with Crippen molar-refractivity contribution in [2.75, 3.05) is 19.8 Å². The van der Waals surface area contributed by atoms with Crippen molar-refractivity contribution in [1.82, 2.24) is 5.32 Å². The maximum absolute atomic E-state index is 12.1. The van der Waals surface area contributed by atoms with Crippen LogP contribution in [0.3, 0.4) is 0 Å². The van der Waals surface area contributed by atoms with Gasteiger partial charge in [-0.3, -0.25) is 9.59 Å². The first-order valence-corrected chi connectivity index (χ1v) is 6.46. The predicted molar refractivity (Wildman–Crippen MR) is 71.2 cm³/mol. The maximum Gasteiger partial charge on any atom is 0.303 e. The second-order valence-corrected chi connectivity index (χ2v) is 4.74. The molecule has 1 amide bonds. The molecular formula is C14H17NO5. The van der Waals surface area contributed by atoms with Crippen molar-refractivity contribution in [2.24, 2.45) is 5.92 Å². The summed E-state index contributed by atoms with van der Waals surface area (Å²) in [5.41, 5.74) is 0.407. The molecule has 1 aromatic rings. The number of amides is 1. The third-order valence-electron chi connectivity index (χ3n) is 2.94. The van der Waals surface area contributed by atoms with Gasteiger partial charge in [-0.05, 0) is 18.1 Å². The number of carboxylic acids is 1. The van der Waals surface area contributed by atoms with E-state index >= 15 is 0 Å². The molecule has 1 heterocycles. The molecule has 0 fully saturated rings. The fraction of sp³-hybridized carbons (Fsp3) is 0.429. The fourth-order valence-corrected chi connectivity index (χ4v) is 1.98. The first-order valence-electron chi connectivity index (χ1n) is 6.46. The monoisotopic (exact) mass is 279 g/mol. The Kier molecular flexibility index (Phi) is 4.45. The van der Waals surface area contributed by atoms with Gasteiger partial charge < -0.3 is 19.9 Å². The molecule has 0 aliphatic carbocycles. The van der Waals surface area contributed by atoms with Crippen LogP contribution in [0, 0.1) is 5.92 Å². The molecule has 0 aromatic heterocycles. The average Bonchev–Trinajstić information content (AvgIpc) is 2.43. The average molecular weight is 279 g/mol. The van der Waals surface area contributed by atoms with E-state index in [2.05, 4.69) is 5.32 Å². The number of hydrogen-bond donors (Lipinski definition) is 2. The number of carbonyl (C=O) groups excluding carboxylic acids is 1. The number of aliphatic carboxylic acids is 1. The number of fused-ring (bicyclic) bond motifs is 1. The van der Waals surface area contributed by atoms with Gasteiger partial charge in [0.05, 0.1) is 5.56 Å². The van der Waals surface area contributed by atoms with Gasteiger partial charge in [0.15, 0.2) is 11.5 Å². The number of nitrogens with one attached hydrogen (secondary N) is 1. The molecule has 1 aliphatic rings. The van der Waals surface area contributed by atoms with Gasteiger partial charge in [-0.15, -0.1) is 0 Å². The molecule has 6 nitrogen and oxygen atoms in total. The zero-order valence-corrected chi connectivity index (χ0v) is 11.2. The normalized spacial score (nSPS) is 14.4. The number of rotatable bonds is 5. The number of benzene rings is 1. The van der Waals surface area contributed by atoms with Crippen molar-refractivity contribution in [3.8, 4) is 11.5 Å². The van der Waals surface area contributed by atoms with E-state index in [-0.39, 0.29) is 18.2 Å². The van der Waals surface area contributed by atoms with E-state index < -0.39 is 5.97 Å². The summed E-state index contributed by atoms with van der Waals surface area (Å²) < 4.78 is 10.9. The Morgan fingerprint density at radius 2 is 2.10 bits per heavy atom. The first kappa shape index (κ1) is 14.2. The SMILES string of the molecule is C[C@H](CNC(=O)c1cccc2c1OCCO2)CC(=O)O. The van der Waals surface area contributed by atoms with Crippen molar-refractivity contribution < 1.29 is 24.2 Å². The maximum atomic E-state index is 12.1. The summed E-state index contributed by atoms with van der Waals surface area (Å²) in [6, 6.07) is 5.13. The van der Waals surface area contributed by atoms with Gasteiger partial charge >= 0.3 is 5.97 Å². The van der Waals surface area contributed by atoms with Gasteiger partial charge in [-0.1, -0.05) is 13.0 Å². The second-order valence-electron chi connectivity index (χ2n) is 4.74. The molecule has 1 aliphatic heterocycles. The smallest absolute Gasteiger partial charge is 0.303 e. The molecule has 0 bridgehead atoms. The minimum atomic E-state index is -0.874. The van der Waals surface area contributed by atoms with Crippen LogP contribution in [0.1, 0.15) is 23.7 Å². The molecule has 0 radical (unpaired) electrons. The van der Waals surface area contributed by atoms with E-state index in [0.717, 1.165) is 0 Å². The van der Waals surface area contributed by atoms with Crippen molar-refractivity contribution in [3.05, 3.63) is 23.8 Å². The Labute approximate surface area is 116 Å². The zero-order valence-electron chi connectivity index (χ0n) is 11.2. The highest BCUT2D eigenvalue weighted by molar-refractivity contribution is 5.97. The van der Waals surface area contributed by atoms with Crippen molar-refractivity contribution >= 4 is 11.9 Å².